The summed E-state index contributed by atoms with van der Waals surface area (Å²) in [5.74, 6) is 0.0951. The molecule has 4 nitrogen and oxygen atoms in total. The molecule has 1 aliphatic heterocycles. The first-order chi connectivity index (χ1) is 12.4. The summed E-state index contributed by atoms with van der Waals surface area (Å²) in [5.41, 5.74) is 6.07. The van der Waals surface area contributed by atoms with Gasteiger partial charge in [-0.2, -0.15) is 0 Å². The molecule has 1 saturated heterocycles. The number of piperazine rings is 1. The number of carbonyl (C=O) groups is 2. The molecule has 0 spiro atoms. The molecule has 2 amide bonds. The average Bonchev–Trinajstić information content (AvgIpc) is 2.65. The summed E-state index contributed by atoms with van der Waals surface area (Å²) < 4.78 is 0. The van der Waals surface area contributed by atoms with Crippen LogP contribution in [0.25, 0.3) is 0 Å². The maximum absolute atomic E-state index is 12.7. The summed E-state index contributed by atoms with van der Waals surface area (Å²) in [5, 5.41) is 0. The molecule has 0 radical (unpaired) electrons. The van der Waals surface area contributed by atoms with Gasteiger partial charge in [0.1, 0.15) is 0 Å². The number of amides is 2. The third-order valence-corrected chi connectivity index (χ3v) is 5.36. The van der Waals surface area contributed by atoms with Crippen molar-refractivity contribution in [1.29, 1.82) is 0 Å². The summed E-state index contributed by atoms with van der Waals surface area (Å²) in [6, 6.07) is 11.6. The Labute approximate surface area is 155 Å². The highest BCUT2D eigenvalue weighted by molar-refractivity contribution is 5.96. The number of rotatable bonds is 2. The van der Waals surface area contributed by atoms with Gasteiger partial charge >= 0.3 is 0 Å². The molecule has 1 aliphatic rings. The van der Waals surface area contributed by atoms with Gasteiger partial charge in [-0.25, -0.2) is 0 Å². The van der Waals surface area contributed by atoms with E-state index in [9.17, 15) is 9.59 Å². The first-order valence-electron chi connectivity index (χ1n) is 9.10. The van der Waals surface area contributed by atoms with E-state index in [1.54, 1.807) is 0 Å². The number of aryl methyl sites for hydroxylation is 4. The zero-order valence-electron chi connectivity index (χ0n) is 16.0. The number of nitrogens with zero attached hydrogens (tertiary/aromatic N) is 2. The summed E-state index contributed by atoms with van der Waals surface area (Å²) in [6.07, 6.45) is 0. The van der Waals surface area contributed by atoms with Gasteiger partial charge in [-0.3, -0.25) is 9.59 Å². The lowest BCUT2D eigenvalue weighted by molar-refractivity contribution is 0.0535. The molecular formula is C22H26N2O2. The first kappa shape index (κ1) is 18.2. The van der Waals surface area contributed by atoms with Crippen molar-refractivity contribution in [3.05, 3.63) is 69.8 Å². The van der Waals surface area contributed by atoms with Crippen molar-refractivity contribution < 1.29 is 9.59 Å². The van der Waals surface area contributed by atoms with Crippen LogP contribution < -0.4 is 0 Å². The van der Waals surface area contributed by atoms with E-state index in [0.29, 0.717) is 26.2 Å². The molecule has 1 fully saturated rings. The Bertz CT molecular complexity index is 778. The number of benzene rings is 2. The topological polar surface area (TPSA) is 40.6 Å². The van der Waals surface area contributed by atoms with Crippen molar-refractivity contribution in [1.82, 2.24) is 9.80 Å². The Hall–Kier alpha value is -2.62. The van der Waals surface area contributed by atoms with Crippen LogP contribution in [-0.2, 0) is 0 Å². The quantitative estimate of drug-likeness (QED) is 0.831. The molecule has 136 valence electrons. The molecule has 4 heteroatoms. The van der Waals surface area contributed by atoms with E-state index < -0.39 is 0 Å². The van der Waals surface area contributed by atoms with E-state index in [2.05, 4.69) is 0 Å². The second-order valence-corrected chi connectivity index (χ2v) is 7.18. The Kier molecular flexibility index (Phi) is 5.12. The highest BCUT2D eigenvalue weighted by Crippen LogP contribution is 2.16. The molecule has 0 bridgehead atoms. The summed E-state index contributed by atoms with van der Waals surface area (Å²) in [7, 11) is 0. The van der Waals surface area contributed by atoms with Crippen LogP contribution in [0.4, 0.5) is 0 Å². The Morgan fingerprint density at radius 3 is 1.27 bits per heavy atom. The summed E-state index contributed by atoms with van der Waals surface area (Å²) in [6.45, 7) is 10.4. The second kappa shape index (κ2) is 7.32. The van der Waals surface area contributed by atoms with Gasteiger partial charge < -0.3 is 9.80 Å². The predicted octanol–water partition coefficient (Wildman–Crippen LogP) is 3.52. The van der Waals surface area contributed by atoms with Crippen molar-refractivity contribution in [2.45, 2.75) is 27.7 Å². The Morgan fingerprint density at radius 1 is 0.615 bits per heavy atom. The van der Waals surface area contributed by atoms with Gasteiger partial charge in [0.25, 0.3) is 11.8 Å². The molecule has 0 aliphatic carbocycles. The highest BCUT2D eigenvalue weighted by Gasteiger charge is 2.25. The van der Waals surface area contributed by atoms with Crippen molar-refractivity contribution >= 4 is 11.8 Å². The monoisotopic (exact) mass is 350 g/mol. The van der Waals surface area contributed by atoms with Gasteiger partial charge in [-0.15, -0.1) is 0 Å². The SMILES string of the molecule is Cc1ccc(C(=O)N2CCN(C(=O)c3ccc(C)c(C)c3)CC2)cc1C. The van der Waals surface area contributed by atoms with Crippen LogP contribution in [0.3, 0.4) is 0 Å². The Balaban J connectivity index is 1.64. The normalized spacial score (nSPS) is 14.5. The Morgan fingerprint density at radius 2 is 0.962 bits per heavy atom. The van der Waals surface area contributed by atoms with Gasteiger partial charge in [0, 0.05) is 37.3 Å². The van der Waals surface area contributed by atoms with E-state index in [1.165, 1.54) is 11.1 Å². The molecule has 0 unspecified atom stereocenters. The minimum Gasteiger partial charge on any atom is -0.335 e. The van der Waals surface area contributed by atoms with Crippen LogP contribution in [0.15, 0.2) is 36.4 Å². The lowest BCUT2D eigenvalue weighted by Gasteiger charge is -2.35. The van der Waals surface area contributed by atoms with Gasteiger partial charge in [0.15, 0.2) is 0 Å². The van der Waals surface area contributed by atoms with Crippen LogP contribution in [-0.4, -0.2) is 47.8 Å². The van der Waals surface area contributed by atoms with Gasteiger partial charge in [0.05, 0.1) is 0 Å². The van der Waals surface area contributed by atoms with Crippen molar-refractivity contribution in [2.75, 3.05) is 26.2 Å². The summed E-state index contributed by atoms with van der Waals surface area (Å²) >= 11 is 0. The standard InChI is InChI=1S/C22H26N2O2/c1-15-5-7-19(13-17(15)3)21(25)23-9-11-24(12-10-23)22(26)20-8-6-16(2)18(4)14-20/h5-8,13-14H,9-12H2,1-4H3. The maximum atomic E-state index is 12.7. The van der Waals surface area contributed by atoms with Crippen LogP contribution >= 0.6 is 0 Å². The molecule has 0 atom stereocenters. The highest BCUT2D eigenvalue weighted by atomic mass is 16.2. The first-order valence-corrected chi connectivity index (χ1v) is 9.10. The van der Waals surface area contributed by atoms with E-state index in [-0.39, 0.29) is 11.8 Å². The third kappa shape index (κ3) is 3.64. The van der Waals surface area contributed by atoms with Crippen LogP contribution in [0.1, 0.15) is 43.0 Å². The molecule has 26 heavy (non-hydrogen) atoms. The van der Waals surface area contributed by atoms with Gasteiger partial charge in [-0.1, -0.05) is 12.1 Å². The summed E-state index contributed by atoms with van der Waals surface area (Å²) in [4.78, 5) is 29.1. The molecule has 1 heterocycles. The van der Waals surface area contributed by atoms with E-state index in [4.69, 9.17) is 0 Å². The fourth-order valence-electron chi connectivity index (χ4n) is 3.23. The second-order valence-electron chi connectivity index (χ2n) is 7.18. The molecule has 0 saturated carbocycles. The molecule has 0 N–H and O–H groups in total. The molecule has 2 aromatic rings. The fourth-order valence-corrected chi connectivity index (χ4v) is 3.23. The lowest BCUT2D eigenvalue weighted by atomic mass is 10.0. The van der Waals surface area contributed by atoms with Gasteiger partial charge in [0.2, 0.25) is 0 Å². The molecule has 0 aromatic heterocycles. The third-order valence-electron chi connectivity index (χ3n) is 5.36. The average molecular weight is 350 g/mol. The molecular weight excluding hydrogens is 324 g/mol. The van der Waals surface area contributed by atoms with Crippen LogP contribution in [0, 0.1) is 27.7 Å². The minimum atomic E-state index is 0.0476. The van der Waals surface area contributed by atoms with E-state index in [1.807, 2.05) is 73.9 Å². The van der Waals surface area contributed by atoms with E-state index >= 15 is 0 Å². The number of hydrogen-bond acceptors (Lipinski definition) is 2. The largest absolute Gasteiger partial charge is 0.335 e. The zero-order chi connectivity index (χ0) is 18.8. The predicted molar refractivity (Wildman–Crippen MR) is 104 cm³/mol. The smallest absolute Gasteiger partial charge is 0.253 e. The fraction of sp³-hybridized carbons (Fsp3) is 0.364. The van der Waals surface area contributed by atoms with Crippen molar-refractivity contribution in [3.8, 4) is 0 Å². The van der Waals surface area contributed by atoms with Crippen LogP contribution in [0.2, 0.25) is 0 Å². The molecule has 2 aromatic carbocycles. The zero-order valence-corrected chi connectivity index (χ0v) is 16.0. The van der Waals surface area contributed by atoms with E-state index in [0.717, 1.165) is 22.3 Å². The van der Waals surface area contributed by atoms with Crippen molar-refractivity contribution in [2.24, 2.45) is 0 Å². The molecule has 3 rings (SSSR count). The minimum absolute atomic E-state index is 0.0476. The van der Waals surface area contributed by atoms with Crippen LogP contribution in [0.5, 0.6) is 0 Å². The number of carbonyl (C=O) groups excluding carboxylic acids is 2. The maximum Gasteiger partial charge on any atom is 0.253 e. The van der Waals surface area contributed by atoms with Crippen molar-refractivity contribution in [3.63, 3.8) is 0 Å². The van der Waals surface area contributed by atoms with Gasteiger partial charge in [-0.05, 0) is 74.2 Å². The lowest BCUT2D eigenvalue weighted by Crippen LogP contribution is -2.50. The number of hydrogen-bond donors (Lipinski definition) is 0.